The standard InChI is InChI=1S/C18H20NO4/c1-19-8-7-17-14-10-3-4-12(22-2)15(14)23-16(17)11(20)5-6-18(17,21)13(19)9-10/h3-5,13,16,21H,6-9H2,1-2H3/t13-,16?,17+,18?/m1/s1. The van der Waals surface area contributed by atoms with Crippen LogP contribution in [-0.4, -0.2) is 54.2 Å². The van der Waals surface area contributed by atoms with E-state index in [1.165, 1.54) is 5.56 Å². The van der Waals surface area contributed by atoms with Crippen LogP contribution in [-0.2, 0) is 16.6 Å². The highest BCUT2D eigenvalue weighted by Gasteiger charge is 2.72. The minimum atomic E-state index is -0.955. The van der Waals surface area contributed by atoms with Gasteiger partial charge in [-0.3, -0.25) is 4.79 Å². The van der Waals surface area contributed by atoms with Gasteiger partial charge < -0.3 is 19.5 Å². The van der Waals surface area contributed by atoms with Crippen molar-refractivity contribution in [2.75, 3.05) is 20.7 Å². The van der Waals surface area contributed by atoms with Gasteiger partial charge in [0.2, 0.25) is 0 Å². The van der Waals surface area contributed by atoms with Crippen molar-refractivity contribution in [2.24, 2.45) is 0 Å². The van der Waals surface area contributed by atoms with Gasteiger partial charge >= 0.3 is 0 Å². The van der Waals surface area contributed by atoms with E-state index in [9.17, 15) is 9.90 Å². The van der Waals surface area contributed by atoms with Crippen LogP contribution in [0.5, 0.6) is 11.5 Å². The molecule has 1 radical (unpaired) electrons. The molecule has 4 atom stereocenters. The van der Waals surface area contributed by atoms with Crippen molar-refractivity contribution in [1.82, 2.24) is 4.90 Å². The van der Waals surface area contributed by atoms with Crippen molar-refractivity contribution in [3.05, 3.63) is 29.7 Å². The Balaban J connectivity index is 1.86. The van der Waals surface area contributed by atoms with Gasteiger partial charge in [0, 0.05) is 18.0 Å². The maximum absolute atomic E-state index is 12.6. The van der Waals surface area contributed by atoms with E-state index in [4.69, 9.17) is 9.47 Å². The normalized spacial score (nSPS) is 40.6. The molecule has 2 bridgehead atoms. The average molecular weight is 314 g/mol. The number of methoxy groups -OCH3 is 1. The number of hydrogen-bond donors (Lipinski definition) is 1. The third-order valence-corrected chi connectivity index (χ3v) is 6.56. The minimum Gasteiger partial charge on any atom is -0.493 e. The van der Waals surface area contributed by atoms with Crippen LogP contribution in [0.25, 0.3) is 0 Å². The number of ketones is 1. The molecule has 4 aliphatic rings. The van der Waals surface area contributed by atoms with Gasteiger partial charge in [-0.1, -0.05) is 6.07 Å². The molecular formula is C18H20NO4. The van der Waals surface area contributed by atoms with E-state index in [0.717, 1.165) is 24.9 Å². The fourth-order valence-electron chi connectivity index (χ4n) is 5.49. The highest BCUT2D eigenvalue weighted by atomic mass is 16.5. The van der Waals surface area contributed by atoms with E-state index in [0.29, 0.717) is 17.9 Å². The zero-order valence-corrected chi connectivity index (χ0v) is 13.3. The number of rotatable bonds is 1. The Bertz CT molecular complexity index is 732. The van der Waals surface area contributed by atoms with Crippen molar-refractivity contribution in [3.8, 4) is 11.5 Å². The number of Topliss-reactive ketones (excluding diaryl/α,β-unsaturated/α-hetero) is 1. The van der Waals surface area contributed by atoms with E-state index >= 15 is 0 Å². The highest BCUT2D eigenvalue weighted by molar-refractivity contribution is 5.96. The molecular weight excluding hydrogens is 294 g/mol. The van der Waals surface area contributed by atoms with Gasteiger partial charge in [0.05, 0.1) is 18.1 Å². The predicted octanol–water partition coefficient (Wildman–Crippen LogP) is 0.862. The van der Waals surface area contributed by atoms with Crippen molar-refractivity contribution < 1.29 is 19.4 Å². The number of ether oxygens (including phenoxy) is 2. The van der Waals surface area contributed by atoms with Crippen LogP contribution in [0.4, 0.5) is 0 Å². The SMILES string of the molecule is COc1ccc2c3c1OC1C(=O)[CH]CC4(O)[C@@H](C2)N(C)CC[C@]314. The molecule has 2 aliphatic carbocycles. The third-order valence-electron chi connectivity index (χ3n) is 6.56. The molecule has 1 saturated carbocycles. The number of likely N-dealkylation sites (tertiary alicyclic amines) is 1. The van der Waals surface area contributed by atoms with Gasteiger partial charge in [0.15, 0.2) is 23.4 Å². The number of carbonyl (C=O) groups excluding carboxylic acids is 1. The van der Waals surface area contributed by atoms with E-state index in [1.54, 1.807) is 13.5 Å². The van der Waals surface area contributed by atoms with Crippen molar-refractivity contribution in [3.63, 3.8) is 0 Å². The molecule has 121 valence electrons. The first-order valence-corrected chi connectivity index (χ1v) is 8.19. The summed E-state index contributed by atoms with van der Waals surface area (Å²) >= 11 is 0. The van der Waals surface area contributed by atoms with Gasteiger partial charge in [0.25, 0.3) is 0 Å². The minimum absolute atomic E-state index is 0.0101. The number of nitrogens with zero attached hydrogens (tertiary/aromatic N) is 1. The topological polar surface area (TPSA) is 59.0 Å². The zero-order valence-electron chi connectivity index (χ0n) is 13.3. The lowest BCUT2D eigenvalue weighted by molar-refractivity contribution is -0.177. The van der Waals surface area contributed by atoms with E-state index in [-0.39, 0.29) is 11.8 Å². The Kier molecular flexibility index (Phi) is 2.45. The van der Waals surface area contributed by atoms with Crippen molar-refractivity contribution in [1.29, 1.82) is 0 Å². The molecule has 2 aliphatic heterocycles. The fraction of sp³-hybridized carbons (Fsp3) is 0.556. The Labute approximate surface area is 135 Å². The first-order chi connectivity index (χ1) is 11.0. The third kappa shape index (κ3) is 1.32. The molecule has 2 unspecified atom stereocenters. The summed E-state index contributed by atoms with van der Waals surface area (Å²) in [6.45, 7) is 0.857. The molecule has 2 fully saturated rings. The molecule has 1 aromatic rings. The second kappa shape index (κ2) is 4.08. The molecule has 1 saturated heterocycles. The van der Waals surface area contributed by atoms with Crippen LogP contribution >= 0.6 is 0 Å². The summed E-state index contributed by atoms with van der Waals surface area (Å²) in [6, 6.07) is 3.99. The number of hydrogen-bond acceptors (Lipinski definition) is 5. The second-order valence-electron chi connectivity index (χ2n) is 7.29. The summed E-state index contributed by atoms with van der Waals surface area (Å²) in [5.41, 5.74) is 0.616. The first kappa shape index (κ1) is 13.8. The maximum atomic E-state index is 12.6. The van der Waals surface area contributed by atoms with Crippen LogP contribution in [0.2, 0.25) is 0 Å². The Morgan fingerprint density at radius 1 is 1.43 bits per heavy atom. The first-order valence-electron chi connectivity index (χ1n) is 8.19. The lowest BCUT2D eigenvalue weighted by atomic mass is 9.49. The fourth-order valence-corrected chi connectivity index (χ4v) is 5.49. The van der Waals surface area contributed by atoms with Gasteiger partial charge in [-0.2, -0.15) is 0 Å². The number of carbonyl (C=O) groups is 1. The van der Waals surface area contributed by atoms with Gasteiger partial charge in [-0.25, -0.2) is 0 Å². The van der Waals surface area contributed by atoms with Gasteiger partial charge in [0.1, 0.15) is 0 Å². The van der Waals surface area contributed by atoms with Gasteiger partial charge in [-0.05, 0) is 44.5 Å². The van der Waals surface area contributed by atoms with E-state index in [2.05, 4.69) is 18.0 Å². The predicted molar refractivity (Wildman–Crippen MR) is 82.7 cm³/mol. The maximum Gasteiger partial charge on any atom is 0.178 e. The lowest BCUT2D eigenvalue weighted by Gasteiger charge is -2.61. The number of likely N-dealkylation sites (N-methyl/N-ethyl adjacent to an activating group) is 1. The summed E-state index contributed by atoms with van der Waals surface area (Å²) in [4.78, 5) is 14.8. The molecule has 2 heterocycles. The second-order valence-corrected chi connectivity index (χ2v) is 7.29. The van der Waals surface area contributed by atoms with Crippen LogP contribution in [0, 0.1) is 6.42 Å². The largest absolute Gasteiger partial charge is 0.493 e. The molecule has 1 N–H and O–H groups in total. The molecule has 1 spiro atoms. The van der Waals surface area contributed by atoms with E-state index in [1.807, 2.05) is 6.07 Å². The zero-order chi connectivity index (χ0) is 16.0. The number of aliphatic hydroxyl groups is 1. The number of benzene rings is 1. The van der Waals surface area contributed by atoms with Crippen LogP contribution in [0.1, 0.15) is 24.0 Å². The van der Waals surface area contributed by atoms with E-state index < -0.39 is 17.1 Å². The summed E-state index contributed by atoms with van der Waals surface area (Å²) in [5.74, 6) is 1.31. The van der Waals surface area contributed by atoms with Crippen molar-refractivity contribution >= 4 is 5.78 Å². The lowest BCUT2D eigenvalue weighted by Crippen LogP contribution is -2.76. The molecule has 1 aromatic carbocycles. The Morgan fingerprint density at radius 2 is 2.26 bits per heavy atom. The molecule has 5 heteroatoms. The summed E-state index contributed by atoms with van der Waals surface area (Å²) in [5, 5.41) is 11.7. The Hall–Kier alpha value is -1.59. The number of piperidine rings is 1. The summed E-state index contributed by atoms with van der Waals surface area (Å²) in [7, 11) is 3.67. The van der Waals surface area contributed by atoms with Crippen molar-refractivity contribution in [2.45, 2.75) is 42.4 Å². The Morgan fingerprint density at radius 3 is 3.04 bits per heavy atom. The molecule has 0 amide bonds. The van der Waals surface area contributed by atoms with Crippen LogP contribution < -0.4 is 9.47 Å². The van der Waals surface area contributed by atoms with Crippen LogP contribution in [0.3, 0.4) is 0 Å². The monoisotopic (exact) mass is 314 g/mol. The van der Waals surface area contributed by atoms with Gasteiger partial charge in [-0.15, -0.1) is 0 Å². The smallest absolute Gasteiger partial charge is 0.178 e. The molecule has 23 heavy (non-hydrogen) atoms. The van der Waals surface area contributed by atoms with Crippen LogP contribution in [0.15, 0.2) is 12.1 Å². The molecule has 0 aromatic heterocycles. The highest BCUT2D eigenvalue weighted by Crippen LogP contribution is 2.64. The quantitative estimate of drug-likeness (QED) is 0.833. The molecule has 5 nitrogen and oxygen atoms in total. The molecule has 5 rings (SSSR count). The summed E-state index contributed by atoms with van der Waals surface area (Å²) < 4.78 is 11.6. The summed E-state index contributed by atoms with van der Waals surface area (Å²) in [6.07, 6.45) is 2.91. The average Bonchev–Trinajstić information content (AvgIpc) is 2.90.